The predicted molar refractivity (Wildman–Crippen MR) is 136 cm³/mol. The van der Waals surface area contributed by atoms with Crippen LogP contribution in [0.15, 0.2) is 66.7 Å². The van der Waals surface area contributed by atoms with Crippen molar-refractivity contribution < 1.29 is 31.5 Å². The monoisotopic (exact) mass is 572 g/mol. The molecule has 37 heavy (non-hydrogen) atoms. The van der Waals surface area contributed by atoms with E-state index >= 15 is 0 Å². The van der Waals surface area contributed by atoms with Crippen LogP contribution in [0, 0.1) is 5.92 Å². The highest BCUT2D eigenvalue weighted by Gasteiger charge is 2.37. The molecule has 12 heteroatoms. The van der Waals surface area contributed by atoms with Crippen molar-refractivity contribution in [2.75, 3.05) is 23.6 Å². The quantitative estimate of drug-likeness (QED) is 0.337. The number of carboxylic acid groups (broad SMARTS) is 1. The summed E-state index contributed by atoms with van der Waals surface area (Å²) < 4.78 is 67.1. The molecule has 1 heterocycles. The number of aromatic carboxylic acids is 1. The molecule has 1 fully saturated rings. The minimum Gasteiger partial charge on any atom is -0.478 e. The highest BCUT2D eigenvalue weighted by molar-refractivity contribution is 7.92. The predicted octanol–water partition coefficient (Wildman–Crippen LogP) is 6.17. The number of rotatable bonds is 8. The number of carboxylic acids is 1. The van der Waals surface area contributed by atoms with E-state index in [9.17, 15) is 26.4 Å². The highest BCUT2D eigenvalue weighted by atomic mass is 35.5. The Morgan fingerprint density at radius 3 is 1.95 bits per heavy atom. The second-order valence-corrected chi connectivity index (χ2v) is 11.5. The molecular weight excluding hydrogens is 552 g/mol. The van der Waals surface area contributed by atoms with E-state index in [0.29, 0.717) is 35.3 Å². The first-order chi connectivity index (χ1) is 17.3. The molecule has 0 atom stereocenters. The number of sulfonamides is 1. The third-order valence-electron chi connectivity index (χ3n) is 5.96. The van der Waals surface area contributed by atoms with Crippen LogP contribution in [-0.4, -0.2) is 43.2 Å². The van der Waals surface area contributed by atoms with E-state index in [1.807, 2.05) is 24.3 Å². The van der Waals surface area contributed by atoms with Crippen molar-refractivity contribution in [3.05, 3.63) is 99.0 Å². The first kappa shape index (κ1) is 27.3. The van der Waals surface area contributed by atoms with E-state index in [-0.39, 0.29) is 17.7 Å². The molecule has 196 valence electrons. The molecule has 1 saturated heterocycles. The lowest BCUT2D eigenvalue weighted by Crippen LogP contribution is -2.51. The topological polar surface area (TPSA) is 86.7 Å². The van der Waals surface area contributed by atoms with Gasteiger partial charge in [0.05, 0.1) is 22.9 Å². The van der Waals surface area contributed by atoms with Gasteiger partial charge in [-0.25, -0.2) is 13.2 Å². The van der Waals surface area contributed by atoms with E-state index in [0.717, 1.165) is 17.2 Å². The van der Waals surface area contributed by atoms with Crippen LogP contribution < -0.4 is 4.72 Å². The lowest BCUT2D eigenvalue weighted by molar-refractivity contribution is -0.137. The number of hydrogen-bond acceptors (Lipinski definition) is 4. The van der Waals surface area contributed by atoms with Crippen molar-refractivity contribution in [1.29, 1.82) is 0 Å². The number of benzene rings is 3. The molecule has 3 aromatic carbocycles. The maximum Gasteiger partial charge on any atom is 0.416 e. The molecule has 1 aliphatic heterocycles. The van der Waals surface area contributed by atoms with Gasteiger partial charge in [0.25, 0.3) is 0 Å². The molecule has 1 aliphatic rings. The molecule has 2 N–H and O–H groups in total. The first-order valence-electron chi connectivity index (χ1n) is 11.0. The van der Waals surface area contributed by atoms with Gasteiger partial charge in [-0.1, -0.05) is 47.5 Å². The lowest BCUT2D eigenvalue weighted by atomic mass is 9.91. The molecule has 0 bridgehead atoms. The molecule has 6 nitrogen and oxygen atoms in total. The number of carbonyl (C=O) groups is 1. The smallest absolute Gasteiger partial charge is 0.416 e. The SMILES string of the molecule is O=C(O)c1cc(NS(=O)(=O)CC2CN(C(c3ccc(Cl)cc3)c3ccc(Cl)cc3)C2)cc(C(F)(F)F)c1. The molecule has 0 saturated carbocycles. The van der Waals surface area contributed by atoms with Crippen LogP contribution >= 0.6 is 23.2 Å². The van der Waals surface area contributed by atoms with Gasteiger partial charge in [0.2, 0.25) is 10.0 Å². The second kappa shape index (κ2) is 10.5. The Morgan fingerprint density at radius 1 is 0.973 bits per heavy atom. The summed E-state index contributed by atoms with van der Waals surface area (Å²) >= 11 is 12.1. The Kier molecular flexibility index (Phi) is 7.75. The molecule has 0 amide bonds. The molecule has 3 aromatic rings. The van der Waals surface area contributed by atoms with E-state index < -0.39 is 39.0 Å². The third kappa shape index (κ3) is 6.75. The Morgan fingerprint density at radius 2 is 1.49 bits per heavy atom. The van der Waals surface area contributed by atoms with E-state index in [4.69, 9.17) is 28.3 Å². The van der Waals surface area contributed by atoms with Gasteiger partial charge in [-0.3, -0.25) is 9.62 Å². The van der Waals surface area contributed by atoms with Gasteiger partial charge in [-0.15, -0.1) is 0 Å². The fourth-order valence-electron chi connectivity index (χ4n) is 4.34. The first-order valence-corrected chi connectivity index (χ1v) is 13.4. The fourth-order valence-corrected chi connectivity index (χ4v) is 5.98. The van der Waals surface area contributed by atoms with Gasteiger partial charge in [-0.2, -0.15) is 13.2 Å². The maximum atomic E-state index is 13.2. The largest absolute Gasteiger partial charge is 0.478 e. The molecule has 0 aliphatic carbocycles. The van der Waals surface area contributed by atoms with Crippen LogP contribution in [0.5, 0.6) is 0 Å². The van der Waals surface area contributed by atoms with Gasteiger partial charge in [0.1, 0.15) is 0 Å². The average Bonchev–Trinajstić information content (AvgIpc) is 2.78. The Balaban J connectivity index is 1.48. The minimum absolute atomic E-state index is 0.178. The average molecular weight is 573 g/mol. The van der Waals surface area contributed by atoms with Crippen molar-refractivity contribution in [3.8, 4) is 0 Å². The Hall–Kier alpha value is -2.79. The fraction of sp³-hybridized carbons (Fsp3) is 0.240. The number of nitrogens with zero attached hydrogens (tertiary/aromatic N) is 1. The van der Waals surface area contributed by atoms with Crippen LogP contribution in [0.4, 0.5) is 18.9 Å². The molecular formula is C25H21Cl2F3N2O4S. The summed E-state index contributed by atoms with van der Waals surface area (Å²) in [5.74, 6) is -2.23. The number of halogens is 5. The van der Waals surface area contributed by atoms with Crippen molar-refractivity contribution in [2.24, 2.45) is 5.92 Å². The molecule has 4 rings (SSSR count). The van der Waals surface area contributed by atoms with Crippen molar-refractivity contribution in [2.45, 2.75) is 12.2 Å². The van der Waals surface area contributed by atoms with E-state index in [1.165, 1.54) is 0 Å². The van der Waals surface area contributed by atoms with Gasteiger partial charge in [-0.05, 0) is 53.6 Å². The third-order valence-corrected chi connectivity index (χ3v) is 7.92. The number of likely N-dealkylation sites (tertiary alicyclic amines) is 1. The van der Waals surface area contributed by atoms with Crippen molar-refractivity contribution in [3.63, 3.8) is 0 Å². The van der Waals surface area contributed by atoms with Gasteiger partial charge in [0.15, 0.2) is 0 Å². The van der Waals surface area contributed by atoms with Crippen LogP contribution in [0.1, 0.15) is 33.1 Å². The van der Waals surface area contributed by atoms with Crippen molar-refractivity contribution >= 4 is 44.9 Å². The normalized spacial score (nSPS) is 15.0. The summed E-state index contributed by atoms with van der Waals surface area (Å²) in [4.78, 5) is 13.3. The van der Waals surface area contributed by atoms with E-state index in [2.05, 4.69) is 9.62 Å². The summed E-state index contributed by atoms with van der Waals surface area (Å²) in [6, 6.07) is 16.4. The molecule has 0 radical (unpaired) electrons. The zero-order chi connectivity index (χ0) is 27.0. The minimum atomic E-state index is -4.83. The maximum absolute atomic E-state index is 13.2. The summed E-state index contributed by atoms with van der Waals surface area (Å²) in [5, 5.41) is 10.3. The Bertz CT molecular complexity index is 1350. The summed E-state index contributed by atoms with van der Waals surface area (Å²) in [6.07, 6.45) is -4.83. The number of alkyl halides is 3. The highest BCUT2D eigenvalue weighted by Crippen LogP contribution is 2.36. The Labute approximate surface area is 221 Å². The number of anilines is 1. The molecule has 0 aromatic heterocycles. The van der Waals surface area contributed by atoms with Gasteiger partial charge >= 0.3 is 12.1 Å². The zero-order valence-electron chi connectivity index (χ0n) is 19.0. The van der Waals surface area contributed by atoms with E-state index in [1.54, 1.807) is 24.3 Å². The van der Waals surface area contributed by atoms with Crippen LogP contribution in [0.25, 0.3) is 0 Å². The van der Waals surface area contributed by atoms with Gasteiger partial charge < -0.3 is 5.11 Å². The summed E-state index contributed by atoms with van der Waals surface area (Å²) in [6.45, 7) is 0.833. The van der Waals surface area contributed by atoms with Crippen molar-refractivity contribution in [1.82, 2.24) is 4.90 Å². The second-order valence-electron chi connectivity index (χ2n) is 8.81. The zero-order valence-corrected chi connectivity index (χ0v) is 21.4. The van der Waals surface area contributed by atoms with Crippen LogP contribution in [0.2, 0.25) is 10.0 Å². The van der Waals surface area contributed by atoms with Crippen LogP contribution in [0.3, 0.4) is 0 Å². The number of nitrogens with one attached hydrogen (secondary N) is 1. The molecule has 0 unspecified atom stereocenters. The summed E-state index contributed by atoms with van der Waals surface area (Å²) in [7, 11) is -4.06. The lowest BCUT2D eigenvalue weighted by Gasteiger charge is -2.44. The summed E-state index contributed by atoms with van der Waals surface area (Å²) in [5.41, 5.74) is -0.471. The van der Waals surface area contributed by atoms with Gasteiger partial charge in [0, 0.05) is 34.7 Å². The molecule has 0 spiro atoms. The standard InChI is InChI=1S/C25H21Cl2F3N2O4S/c26-20-5-1-16(2-6-20)23(17-3-7-21(27)8-4-17)32-12-15(13-32)14-37(35,36)31-22-10-18(24(33)34)9-19(11-22)25(28,29)30/h1-11,15,23,31H,12-14H2,(H,33,34). The number of hydrogen-bond donors (Lipinski definition) is 2. The van der Waals surface area contributed by atoms with Crippen LogP contribution in [-0.2, 0) is 16.2 Å².